The summed E-state index contributed by atoms with van der Waals surface area (Å²) in [6, 6.07) is 9.31. The van der Waals surface area contributed by atoms with Crippen molar-refractivity contribution in [2.75, 3.05) is 31.1 Å². The minimum Gasteiger partial charge on any atom is -0.352 e. The van der Waals surface area contributed by atoms with Crippen LogP contribution in [0.5, 0.6) is 0 Å². The monoisotopic (exact) mass is 400 g/mol. The van der Waals surface area contributed by atoms with E-state index in [9.17, 15) is 8.42 Å². The van der Waals surface area contributed by atoms with Crippen molar-refractivity contribution < 1.29 is 8.42 Å². The minimum atomic E-state index is -3.34. The lowest BCUT2D eigenvalue weighted by atomic mass is 10.2. The fraction of sp³-hybridized carbons (Fsp3) is 0.421. The number of benzene rings is 1. The van der Waals surface area contributed by atoms with E-state index in [-0.39, 0.29) is 5.75 Å². The first-order valence-corrected chi connectivity index (χ1v) is 10.9. The van der Waals surface area contributed by atoms with E-state index in [4.69, 9.17) is 0 Å². The maximum Gasteiger partial charge on any atom is 0.218 e. The van der Waals surface area contributed by atoms with Crippen molar-refractivity contribution in [1.29, 1.82) is 0 Å². The number of anilines is 1. The maximum atomic E-state index is 12.8. The van der Waals surface area contributed by atoms with Gasteiger partial charge in [-0.1, -0.05) is 30.3 Å². The molecule has 0 saturated carbocycles. The molecule has 0 spiro atoms. The number of hydrogen-bond donors (Lipinski definition) is 0. The van der Waals surface area contributed by atoms with Crippen LogP contribution >= 0.6 is 0 Å². The molecule has 1 fully saturated rings. The third-order valence-electron chi connectivity index (χ3n) is 5.07. The molecule has 0 N–H and O–H groups in total. The van der Waals surface area contributed by atoms with Crippen molar-refractivity contribution in [1.82, 2.24) is 24.1 Å². The molecule has 0 amide bonds. The molecule has 1 aliphatic rings. The van der Waals surface area contributed by atoms with Crippen LogP contribution in [0.2, 0.25) is 0 Å². The second-order valence-electron chi connectivity index (χ2n) is 7.13. The van der Waals surface area contributed by atoms with Crippen LogP contribution in [0.1, 0.15) is 17.1 Å². The number of hydrogen-bond acceptors (Lipinski definition) is 6. The number of sulfonamides is 1. The molecule has 0 bridgehead atoms. The zero-order valence-corrected chi connectivity index (χ0v) is 17.1. The van der Waals surface area contributed by atoms with Crippen LogP contribution < -0.4 is 4.90 Å². The average molecular weight is 401 g/mol. The van der Waals surface area contributed by atoms with Gasteiger partial charge in [-0.25, -0.2) is 18.4 Å². The number of aromatic nitrogens is 4. The molecule has 1 aliphatic heterocycles. The summed E-state index contributed by atoms with van der Waals surface area (Å²) in [5, 5.41) is 4.47. The van der Waals surface area contributed by atoms with Crippen molar-refractivity contribution in [3.63, 3.8) is 0 Å². The van der Waals surface area contributed by atoms with Gasteiger partial charge in [-0.15, -0.1) is 0 Å². The highest BCUT2D eigenvalue weighted by Gasteiger charge is 2.29. The van der Waals surface area contributed by atoms with E-state index in [0.717, 1.165) is 28.1 Å². The van der Waals surface area contributed by atoms with Gasteiger partial charge in [0.15, 0.2) is 5.82 Å². The second kappa shape index (κ2) is 7.14. The molecule has 0 atom stereocenters. The van der Waals surface area contributed by atoms with Crippen LogP contribution in [0.15, 0.2) is 30.3 Å². The molecular weight excluding hydrogens is 376 g/mol. The molecule has 2 aromatic heterocycles. The van der Waals surface area contributed by atoms with E-state index in [1.165, 1.54) is 0 Å². The Kier molecular flexibility index (Phi) is 4.80. The van der Waals surface area contributed by atoms with Gasteiger partial charge in [-0.05, 0) is 19.4 Å². The van der Waals surface area contributed by atoms with E-state index in [0.29, 0.717) is 32.0 Å². The number of piperazine rings is 1. The van der Waals surface area contributed by atoms with Gasteiger partial charge in [0.1, 0.15) is 16.9 Å². The lowest BCUT2D eigenvalue weighted by Crippen LogP contribution is -2.49. The zero-order valence-electron chi connectivity index (χ0n) is 16.3. The predicted molar refractivity (Wildman–Crippen MR) is 109 cm³/mol. The number of fused-ring (bicyclic) bond motifs is 1. The molecule has 3 heterocycles. The Morgan fingerprint density at radius 2 is 1.68 bits per heavy atom. The number of rotatable bonds is 4. The quantitative estimate of drug-likeness (QED) is 0.662. The standard InChI is InChI=1S/C19H24N6O2S/c1-14-17-18(23(3)22-14)19(21-15(2)20-17)24-9-11-25(12-10-24)28(26,27)13-16-7-5-4-6-8-16/h4-8H,9-13H2,1-3H3. The molecule has 0 unspecified atom stereocenters. The Morgan fingerprint density at radius 3 is 2.36 bits per heavy atom. The van der Waals surface area contributed by atoms with Crippen molar-refractivity contribution in [2.24, 2.45) is 7.05 Å². The number of aryl methyl sites for hydroxylation is 3. The summed E-state index contributed by atoms with van der Waals surface area (Å²) in [4.78, 5) is 11.3. The van der Waals surface area contributed by atoms with Crippen molar-refractivity contribution in [2.45, 2.75) is 19.6 Å². The van der Waals surface area contributed by atoms with Gasteiger partial charge >= 0.3 is 0 Å². The summed E-state index contributed by atoms with van der Waals surface area (Å²) in [6.07, 6.45) is 0. The van der Waals surface area contributed by atoms with Gasteiger partial charge in [-0.3, -0.25) is 4.68 Å². The fourth-order valence-corrected chi connectivity index (χ4v) is 5.22. The molecule has 4 rings (SSSR count). The minimum absolute atomic E-state index is 0.0334. The molecule has 9 heteroatoms. The molecule has 148 valence electrons. The highest BCUT2D eigenvalue weighted by atomic mass is 32.2. The van der Waals surface area contributed by atoms with E-state index < -0.39 is 10.0 Å². The van der Waals surface area contributed by atoms with Crippen LogP contribution in [0.4, 0.5) is 5.82 Å². The lowest BCUT2D eigenvalue weighted by molar-refractivity contribution is 0.383. The van der Waals surface area contributed by atoms with Gasteiger partial charge < -0.3 is 4.90 Å². The highest BCUT2D eigenvalue weighted by Crippen LogP contribution is 2.27. The smallest absolute Gasteiger partial charge is 0.218 e. The van der Waals surface area contributed by atoms with Crippen LogP contribution in [0.25, 0.3) is 11.0 Å². The van der Waals surface area contributed by atoms with Gasteiger partial charge in [0.2, 0.25) is 10.0 Å². The van der Waals surface area contributed by atoms with Gasteiger partial charge in [-0.2, -0.15) is 9.40 Å². The van der Waals surface area contributed by atoms with Crippen molar-refractivity contribution in [3.05, 3.63) is 47.4 Å². The Labute approximate surface area is 164 Å². The predicted octanol–water partition coefficient (Wildman–Crippen LogP) is 1.63. The summed E-state index contributed by atoms with van der Waals surface area (Å²) < 4.78 is 29.0. The third-order valence-corrected chi connectivity index (χ3v) is 6.92. The van der Waals surface area contributed by atoms with E-state index in [2.05, 4.69) is 20.0 Å². The first-order chi connectivity index (χ1) is 13.3. The Hall–Kier alpha value is -2.52. The summed E-state index contributed by atoms with van der Waals surface area (Å²) in [7, 11) is -1.45. The van der Waals surface area contributed by atoms with E-state index in [1.54, 1.807) is 8.99 Å². The number of nitrogens with zero attached hydrogens (tertiary/aromatic N) is 6. The first kappa shape index (κ1) is 18.8. The topological polar surface area (TPSA) is 84.2 Å². The second-order valence-corrected chi connectivity index (χ2v) is 9.10. The first-order valence-electron chi connectivity index (χ1n) is 9.30. The Bertz CT molecular complexity index is 1100. The molecular formula is C19H24N6O2S. The van der Waals surface area contributed by atoms with Crippen LogP contribution in [-0.2, 0) is 22.8 Å². The molecule has 28 heavy (non-hydrogen) atoms. The maximum absolute atomic E-state index is 12.8. The normalized spacial score (nSPS) is 16.0. The van der Waals surface area contributed by atoms with Crippen molar-refractivity contribution >= 4 is 26.9 Å². The highest BCUT2D eigenvalue weighted by molar-refractivity contribution is 7.88. The molecule has 0 aliphatic carbocycles. The molecule has 3 aromatic rings. The Morgan fingerprint density at radius 1 is 1.00 bits per heavy atom. The van der Waals surface area contributed by atoms with E-state index in [1.807, 2.05) is 51.2 Å². The van der Waals surface area contributed by atoms with E-state index >= 15 is 0 Å². The Balaban J connectivity index is 1.54. The summed E-state index contributed by atoms with van der Waals surface area (Å²) in [5.74, 6) is 1.55. The van der Waals surface area contributed by atoms with Gasteiger partial charge in [0, 0.05) is 33.2 Å². The lowest BCUT2D eigenvalue weighted by Gasteiger charge is -2.35. The van der Waals surface area contributed by atoms with Crippen LogP contribution in [-0.4, -0.2) is 58.7 Å². The molecule has 1 aromatic carbocycles. The summed E-state index contributed by atoms with van der Waals surface area (Å²) >= 11 is 0. The van der Waals surface area contributed by atoms with Crippen LogP contribution in [0.3, 0.4) is 0 Å². The molecule has 8 nitrogen and oxygen atoms in total. The molecule has 1 saturated heterocycles. The summed E-state index contributed by atoms with van der Waals surface area (Å²) in [6.45, 7) is 5.86. The zero-order chi connectivity index (χ0) is 19.9. The largest absolute Gasteiger partial charge is 0.352 e. The fourth-order valence-electron chi connectivity index (χ4n) is 3.70. The average Bonchev–Trinajstić information content (AvgIpc) is 2.95. The van der Waals surface area contributed by atoms with Gasteiger partial charge in [0.25, 0.3) is 0 Å². The summed E-state index contributed by atoms with van der Waals surface area (Å²) in [5.41, 5.74) is 3.42. The molecule has 0 radical (unpaired) electrons. The van der Waals surface area contributed by atoms with Gasteiger partial charge in [0.05, 0.1) is 11.4 Å². The van der Waals surface area contributed by atoms with Crippen molar-refractivity contribution in [3.8, 4) is 0 Å². The third kappa shape index (κ3) is 3.47. The SMILES string of the molecule is Cc1nc(N2CCN(S(=O)(=O)Cc3ccccc3)CC2)c2c(n1)c(C)nn2C. The van der Waals surface area contributed by atoms with Crippen LogP contribution in [0, 0.1) is 13.8 Å².